The third-order valence-electron chi connectivity index (χ3n) is 4.43. The zero-order valence-corrected chi connectivity index (χ0v) is 16.1. The Bertz CT molecular complexity index is 640. The van der Waals surface area contributed by atoms with Gasteiger partial charge in [0, 0.05) is 38.6 Å². The van der Waals surface area contributed by atoms with Gasteiger partial charge in [-0.2, -0.15) is 0 Å². The maximum atomic E-state index is 13.1. The predicted octanol–water partition coefficient (Wildman–Crippen LogP) is 3.53. The number of methoxy groups -OCH3 is 1. The van der Waals surface area contributed by atoms with E-state index in [2.05, 4.69) is 29.4 Å². The van der Waals surface area contributed by atoms with Gasteiger partial charge in [0.25, 0.3) is 0 Å². The molecule has 0 amide bonds. The van der Waals surface area contributed by atoms with E-state index in [0.29, 0.717) is 25.6 Å². The molecular weight excluding hydrogens is 331 g/mol. The number of hydrogen-bond acceptors (Lipinski definition) is 3. The highest BCUT2D eigenvalue weighted by Gasteiger charge is 2.14. The maximum absolute atomic E-state index is 13.1. The van der Waals surface area contributed by atoms with Crippen molar-refractivity contribution in [1.29, 1.82) is 0 Å². The average Bonchev–Trinajstić information content (AvgIpc) is 3.01. The first-order valence-corrected chi connectivity index (χ1v) is 9.25. The Balaban J connectivity index is 2.04. The van der Waals surface area contributed by atoms with E-state index in [4.69, 9.17) is 4.74 Å². The molecule has 1 atom stereocenters. The van der Waals surface area contributed by atoms with Crippen LogP contribution in [0.15, 0.2) is 42.6 Å². The van der Waals surface area contributed by atoms with Crippen molar-refractivity contribution >= 4 is 0 Å². The minimum absolute atomic E-state index is 0.214. The molecule has 1 aromatic heterocycles. The van der Waals surface area contributed by atoms with Gasteiger partial charge in [-0.3, -0.25) is 4.90 Å². The second kappa shape index (κ2) is 10.5. The van der Waals surface area contributed by atoms with Gasteiger partial charge in [0.2, 0.25) is 0 Å². The third-order valence-corrected chi connectivity index (χ3v) is 4.43. The fourth-order valence-corrected chi connectivity index (χ4v) is 2.98. The van der Waals surface area contributed by atoms with Crippen LogP contribution in [-0.2, 0) is 17.8 Å². The molecule has 0 spiro atoms. The highest BCUT2D eigenvalue weighted by atomic mass is 19.1. The Morgan fingerprint density at radius 1 is 1.19 bits per heavy atom. The number of aliphatic hydroxyl groups excluding tert-OH is 1. The van der Waals surface area contributed by atoms with Crippen molar-refractivity contribution in [3.8, 4) is 0 Å². The molecule has 26 heavy (non-hydrogen) atoms. The lowest BCUT2D eigenvalue weighted by molar-refractivity contribution is 0.0343. The molecule has 2 aromatic rings. The smallest absolute Gasteiger partial charge is 0.123 e. The fourth-order valence-electron chi connectivity index (χ4n) is 2.98. The topological polar surface area (TPSA) is 37.6 Å². The Labute approximate surface area is 156 Å². The van der Waals surface area contributed by atoms with Crippen LogP contribution in [0.2, 0.25) is 0 Å². The van der Waals surface area contributed by atoms with Crippen molar-refractivity contribution in [3.05, 3.63) is 59.7 Å². The van der Waals surface area contributed by atoms with Crippen molar-refractivity contribution in [1.82, 2.24) is 9.47 Å². The van der Waals surface area contributed by atoms with E-state index >= 15 is 0 Å². The number of aliphatic hydroxyl groups is 1. The molecule has 1 aromatic carbocycles. The van der Waals surface area contributed by atoms with Gasteiger partial charge in [-0.15, -0.1) is 0 Å². The first-order valence-electron chi connectivity index (χ1n) is 9.25. The van der Waals surface area contributed by atoms with Crippen molar-refractivity contribution in [2.75, 3.05) is 26.8 Å². The number of ether oxygens (including phenoxy) is 1. The molecule has 0 bridgehead atoms. The summed E-state index contributed by atoms with van der Waals surface area (Å²) in [6.45, 7) is 7.75. The summed E-state index contributed by atoms with van der Waals surface area (Å²) in [5.41, 5.74) is 2.25. The fraction of sp³-hybridized carbons (Fsp3) is 0.524. The highest BCUT2D eigenvalue weighted by molar-refractivity contribution is 5.18. The quantitative estimate of drug-likeness (QED) is 0.664. The second-order valence-corrected chi connectivity index (χ2v) is 7.28. The van der Waals surface area contributed by atoms with E-state index in [0.717, 1.165) is 25.1 Å². The summed E-state index contributed by atoms with van der Waals surface area (Å²) in [5, 5.41) is 10.1. The van der Waals surface area contributed by atoms with Gasteiger partial charge in [-0.25, -0.2) is 4.39 Å². The first kappa shape index (κ1) is 20.6. The molecule has 0 aliphatic rings. The summed E-state index contributed by atoms with van der Waals surface area (Å²) < 4.78 is 20.3. The van der Waals surface area contributed by atoms with Crippen molar-refractivity contribution in [2.24, 2.45) is 5.92 Å². The zero-order chi connectivity index (χ0) is 18.9. The largest absolute Gasteiger partial charge is 0.389 e. The summed E-state index contributed by atoms with van der Waals surface area (Å²) in [4.78, 5) is 2.28. The Kier molecular flexibility index (Phi) is 8.29. The molecule has 4 nitrogen and oxygen atoms in total. The molecule has 0 saturated heterocycles. The molecule has 0 aliphatic carbocycles. The Morgan fingerprint density at radius 2 is 1.92 bits per heavy atom. The molecule has 144 valence electrons. The summed E-state index contributed by atoms with van der Waals surface area (Å²) in [6, 6.07) is 10.8. The van der Waals surface area contributed by atoms with Crippen molar-refractivity contribution in [2.45, 2.75) is 39.5 Å². The molecular formula is C21H31FN2O2. The predicted molar refractivity (Wildman–Crippen MR) is 103 cm³/mol. The van der Waals surface area contributed by atoms with Gasteiger partial charge in [0.05, 0.1) is 12.7 Å². The molecule has 2 rings (SSSR count). The van der Waals surface area contributed by atoms with E-state index in [1.54, 1.807) is 7.11 Å². The van der Waals surface area contributed by atoms with Gasteiger partial charge >= 0.3 is 0 Å². The van der Waals surface area contributed by atoms with Crippen LogP contribution in [0.25, 0.3) is 0 Å². The lowest BCUT2D eigenvalue weighted by Gasteiger charge is -2.26. The van der Waals surface area contributed by atoms with E-state index in [1.165, 1.54) is 17.8 Å². The number of aromatic nitrogens is 1. The van der Waals surface area contributed by atoms with Crippen LogP contribution < -0.4 is 0 Å². The van der Waals surface area contributed by atoms with Crippen LogP contribution in [0.1, 0.15) is 31.5 Å². The second-order valence-electron chi connectivity index (χ2n) is 7.28. The summed E-state index contributed by atoms with van der Waals surface area (Å²) in [6.07, 6.45) is 2.64. The number of benzene rings is 1. The van der Waals surface area contributed by atoms with E-state index < -0.39 is 6.10 Å². The molecule has 0 aliphatic heterocycles. The van der Waals surface area contributed by atoms with Gasteiger partial charge in [0.15, 0.2) is 0 Å². The monoisotopic (exact) mass is 362 g/mol. The molecule has 0 fully saturated rings. The van der Waals surface area contributed by atoms with Crippen molar-refractivity contribution < 1.29 is 14.2 Å². The maximum Gasteiger partial charge on any atom is 0.123 e. The van der Waals surface area contributed by atoms with Crippen LogP contribution in [0.5, 0.6) is 0 Å². The number of nitrogens with zero attached hydrogens (tertiary/aromatic N) is 2. The van der Waals surface area contributed by atoms with E-state index in [9.17, 15) is 9.50 Å². The number of hydrogen-bond donors (Lipinski definition) is 1. The van der Waals surface area contributed by atoms with Gasteiger partial charge in [-0.05, 0) is 48.7 Å². The van der Waals surface area contributed by atoms with Crippen LogP contribution in [0.4, 0.5) is 4.39 Å². The molecule has 1 N–H and O–H groups in total. The van der Waals surface area contributed by atoms with Gasteiger partial charge in [-0.1, -0.05) is 26.0 Å². The molecule has 5 heteroatoms. The Hall–Kier alpha value is -1.69. The standard InChI is InChI=1S/C21H31FN2O2/c1-17(2)10-12-23(15-21(25)16-26-3)14-20-5-4-11-24(20)13-18-6-8-19(22)9-7-18/h4-9,11,17,21,25H,10,12-16H2,1-3H3. The summed E-state index contributed by atoms with van der Waals surface area (Å²) in [5.74, 6) is 0.400. The molecule has 0 saturated carbocycles. The molecule has 1 heterocycles. The Morgan fingerprint density at radius 3 is 2.58 bits per heavy atom. The lowest BCUT2D eigenvalue weighted by Crippen LogP contribution is -2.36. The first-order chi connectivity index (χ1) is 12.5. The molecule has 0 radical (unpaired) electrons. The van der Waals surface area contributed by atoms with Crippen LogP contribution in [-0.4, -0.2) is 47.5 Å². The van der Waals surface area contributed by atoms with E-state index in [-0.39, 0.29) is 5.82 Å². The lowest BCUT2D eigenvalue weighted by atomic mass is 10.1. The number of rotatable bonds is 11. The minimum Gasteiger partial charge on any atom is -0.389 e. The van der Waals surface area contributed by atoms with Crippen molar-refractivity contribution in [3.63, 3.8) is 0 Å². The highest BCUT2D eigenvalue weighted by Crippen LogP contribution is 2.13. The average molecular weight is 362 g/mol. The van der Waals surface area contributed by atoms with Crippen LogP contribution in [0.3, 0.4) is 0 Å². The molecule has 1 unspecified atom stereocenters. The summed E-state index contributed by atoms with van der Waals surface area (Å²) in [7, 11) is 1.61. The third kappa shape index (κ3) is 6.90. The normalized spacial score (nSPS) is 12.9. The van der Waals surface area contributed by atoms with Gasteiger partial charge < -0.3 is 14.4 Å². The van der Waals surface area contributed by atoms with E-state index in [1.807, 2.05) is 24.4 Å². The zero-order valence-electron chi connectivity index (χ0n) is 16.1. The van der Waals surface area contributed by atoms with Gasteiger partial charge in [0.1, 0.15) is 5.82 Å². The number of halogens is 1. The summed E-state index contributed by atoms with van der Waals surface area (Å²) >= 11 is 0. The SMILES string of the molecule is COCC(O)CN(CCC(C)C)Cc1cccn1Cc1ccc(F)cc1. The minimum atomic E-state index is -0.493. The van der Waals surface area contributed by atoms with Crippen LogP contribution >= 0.6 is 0 Å². The van der Waals surface area contributed by atoms with Crippen LogP contribution in [0, 0.1) is 11.7 Å².